The van der Waals surface area contributed by atoms with Crippen LogP contribution in [0.25, 0.3) is 0 Å². The third-order valence-electron chi connectivity index (χ3n) is 9.98. The average Bonchev–Trinajstić information content (AvgIpc) is 3.16. The Morgan fingerprint density at radius 1 is 0.632 bits per heavy atom. The maximum atomic E-state index is 12.9. The van der Waals surface area contributed by atoms with E-state index in [2.05, 4.69) is 67.8 Å². The van der Waals surface area contributed by atoms with Crippen molar-refractivity contribution in [1.29, 1.82) is 0 Å². The van der Waals surface area contributed by atoms with E-state index in [1.807, 2.05) is 27.2 Å². The van der Waals surface area contributed by atoms with Crippen LogP contribution in [-0.4, -0.2) is 68.5 Å². The number of aliphatic hydroxyl groups is 1. The second kappa shape index (κ2) is 39.6. The van der Waals surface area contributed by atoms with Crippen LogP contribution in [0.3, 0.4) is 0 Å². The molecule has 57 heavy (non-hydrogen) atoms. The highest BCUT2D eigenvalue weighted by atomic mass is 31.2. The van der Waals surface area contributed by atoms with Crippen LogP contribution < -0.4 is 10.2 Å². The van der Waals surface area contributed by atoms with Crippen LogP contribution in [0, 0.1) is 0 Å². The molecule has 3 atom stereocenters. The van der Waals surface area contributed by atoms with Gasteiger partial charge in [0.15, 0.2) is 0 Å². The van der Waals surface area contributed by atoms with Gasteiger partial charge < -0.3 is 28.8 Å². The van der Waals surface area contributed by atoms with E-state index in [0.717, 1.165) is 64.2 Å². The molecule has 0 aliphatic rings. The van der Waals surface area contributed by atoms with Crippen LogP contribution in [0.5, 0.6) is 0 Å². The largest absolute Gasteiger partial charge is 0.756 e. The number of nitrogens with one attached hydrogen (secondary N) is 1. The van der Waals surface area contributed by atoms with E-state index in [-0.39, 0.29) is 19.1 Å². The smallest absolute Gasteiger partial charge is 0.268 e. The predicted octanol–water partition coefficient (Wildman–Crippen LogP) is 12.4. The van der Waals surface area contributed by atoms with Gasteiger partial charge in [0, 0.05) is 6.42 Å². The van der Waals surface area contributed by atoms with Gasteiger partial charge in [-0.3, -0.25) is 9.36 Å². The average molecular weight is 821 g/mol. The number of quaternary nitrogens is 1. The Morgan fingerprint density at radius 3 is 1.56 bits per heavy atom. The highest BCUT2D eigenvalue weighted by Gasteiger charge is 2.23. The van der Waals surface area contributed by atoms with Gasteiger partial charge >= 0.3 is 0 Å². The molecular formula is C48H89N2O6P. The molecule has 0 heterocycles. The predicted molar refractivity (Wildman–Crippen MR) is 242 cm³/mol. The van der Waals surface area contributed by atoms with Gasteiger partial charge in [-0.05, 0) is 57.8 Å². The molecule has 1 amide bonds. The minimum absolute atomic E-state index is 0.00410. The fourth-order valence-corrected chi connectivity index (χ4v) is 7.04. The maximum Gasteiger partial charge on any atom is 0.268 e. The molecule has 8 nitrogen and oxygen atoms in total. The van der Waals surface area contributed by atoms with Crippen LogP contribution in [-0.2, 0) is 18.4 Å². The van der Waals surface area contributed by atoms with Gasteiger partial charge in [0.2, 0.25) is 5.91 Å². The summed E-state index contributed by atoms with van der Waals surface area (Å²) in [7, 11) is 1.25. The van der Waals surface area contributed by atoms with E-state index >= 15 is 0 Å². The van der Waals surface area contributed by atoms with E-state index in [4.69, 9.17) is 9.05 Å². The van der Waals surface area contributed by atoms with Crippen LogP contribution in [0.4, 0.5) is 0 Å². The molecule has 0 rings (SSSR count). The van der Waals surface area contributed by atoms with Crippen molar-refractivity contribution in [3.8, 4) is 0 Å². The number of likely N-dealkylation sites (N-methyl/N-ethyl adjacent to an activating group) is 1. The molecule has 0 radical (unpaired) electrons. The second-order valence-corrected chi connectivity index (χ2v) is 18.1. The fraction of sp³-hybridized carbons (Fsp3) is 0.771. The number of aliphatic hydroxyl groups excluding tert-OH is 1. The molecule has 0 bridgehead atoms. The molecule has 0 aromatic carbocycles. The summed E-state index contributed by atoms with van der Waals surface area (Å²) in [4.78, 5) is 25.3. The number of nitrogens with zero attached hydrogens (tertiary/aromatic N) is 1. The Hall–Kier alpha value is -1.80. The van der Waals surface area contributed by atoms with Crippen molar-refractivity contribution in [3.63, 3.8) is 0 Å². The number of hydrogen-bond donors (Lipinski definition) is 2. The summed E-state index contributed by atoms with van der Waals surface area (Å²) in [6.07, 6.45) is 51.2. The molecule has 3 unspecified atom stereocenters. The van der Waals surface area contributed by atoms with Crippen molar-refractivity contribution in [2.45, 2.75) is 199 Å². The minimum Gasteiger partial charge on any atom is -0.756 e. The summed E-state index contributed by atoms with van der Waals surface area (Å²) >= 11 is 0. The van der Waals surface area contributed by atoms with Gasteiger partial charge in [-0.1, -0.05) is 184 Å². The molecule has 0 fully saturated rings. The molecule has 332 valence electrons. The maximum absolute atomic E-state index is 12.9. The van der Waals surface area contributed by atoms with Crippen LogP contribution >= 0.6 is 7.82 Å². The Balaban J connectivity index is 4.31. The Kier molecular flexibility index (Phi) is 38.4. The van der Waals surface area contributed by atoms with E-state index < -0.39 is 20.0 Å². The normalized spacial score (nSPS) is 14.9. The zero-order chi connectivity index (χ0) is 42.1. The van der Waals surface area contributed by atoms with Crippen molar-refractivity contribution in [2.75, 3.05) is 40.9 Å². The van der Waals surface area contributed by atoms with E-state index in [1.54, 1.807) is 6.08 Å². The fourth-order valence-electron chi connectivity index (χ4n) is 6.32. The third kappa shape index (κ3) is 42.1. The van der Waals surface area contributed by atoms with E-state index in [9.17, 15) is 19.4 Å². The number of hydrogen-bond acceptors (Lipinski definition) is 6. The van der Waals surface area contributed by atoms with Crippen molar-refractivity contribution in [2.24, 2.45) is 0 Å². The molecule has 0 aliphatic carbocycles. The Morgan fingerprint density at radius 2 is 1.07 bits per heavy atom. The molecule has 0 aromatic heterocycles. The summed E-state index contributed by atoms with van der Waals surface area (Å²) in [5.41, 5.74) is 0. The molecule has 9 heteroatoms. The summed E-state index contributed by atoms with van der Waals surface area (Å²) in [5, 5.41) is 13.8. The molecule has 2 N–H and O–H groups in total. The molecule has 0 aliphatic heterocycles. The first-order valence-electron chi connectivity index (χ1n) is 23.2. The number of amides is 1. The molecule has 0 spiro atoms. The molecule has 0 aromatic rings. The first-order valence-corrected chi connectivity index (χ1v) is 24.6. The zero-order valence-electron chi connectivity index (χ0n) is 37.5. The highest BCUT2D eigenvalue weighted by molar-refractivity contribution is 7.45. The lowest BCUT2D eigenvalue weighted by Crippen LogP contribution is -2.45. The van der Waals surface area contributed by atoms with Crippen LogP contribution in [0.2, 0.25) is 0 Å². The second-order valence-electron chi connectivity index (χ2n) is 16.7. The van der Waals surface area contributed by atoms with Crippen molar-refractivity contribution in [1.82, 2.24) is 5.32 Å². The monoisotopic (exact) mass is 821 g/mol. The van der Waals surface area contributed by atoms with Crippen molar-refractivity contribution >= 4 is 13.7 Å². The van der Waals surface area contributed by atoms with E-state index in [0.29, 0.717) is 17.4 Å². The lowest BCUT2D eigenvalue weighted by molar-refractivity contribution is -0.870. The Bertz CT molecular complexity index is 1110. The summed E-state index contributed by atoms with van der Waals surface area (Å²) < 4.78 is 23.2. The zero-order valence-corrected chi connectivity index (χ0v) is 38.4. The first-order chi connectivity index (χ1) is 27.5. The molecule has 0 saturated heterocycles. The number of carbonyl (C=O) groups is 1. The number of unbranched alkanes of at least 4 members (excludes halogenated alkanes) is 20. The van der Waals surface area contributed by atoms with Gasteiger partial charge in [-0.25, -0.2) is 0 Å². The van der Waals surface area contributed by atoms with Crippen LogP contribution in [0.15, 0.2) is 60.8 Å². The number of allylic oxidation sites excluding steroid dienone is 9. The minimum atomic E-state index is -4.59. The van der Waals surface area contributed by atoms with Gasteiger partial charge in [0.25, 0.3) is 7.82 Å². The molecule has 0 saturated carbocycles. The van der Waals surface area contributed by atoms with Crippen molar-refractivity contribution in [3.05, 3.63) is 60.8 Å². The number of phosphoric acid groups is 1. The standard InChI is InChI=1S/C48H89N2O6P/c1-6-8-10-12-14-16-18-20-21-22-23-24-25-26-27-28-29-30-32-34-36-38-40-42-48(52)49-46(45-56-57(53,54)55-44-43-50(3,4)5)47(51)41-39-37-35-33-31-19-17-15-13-11-9-7-2/h8,10,14,16,20-21,23-24,39,41,46-47,51H,6-7,9,11-13,15,17-19,22,25-38,40,42-45H2,1-5H3,(H-,49,52,53,54)/b10-8-,16-14-,21-20-,24-23-,41-39+. The first kappa shape index (κ1) is 55.2. The summed E-state index contributed by atoms with van der Waals surface area (Å²) in [6.45, 7) is 4.51. The van der Waals surface area contributed by atoms with Gasteiger partial charge in [0.1, 0.15) is 13.2 Å². The lowest BCUT2D eigenvalue weighted by atomic mass is 10.0. The third-order valence-corrected chi connectivity index (χ3v) is 10.9. The Labute approximate surface area is 351 Å². The highest BCUT2D eigenvalue weighted by Crippen LogP contribution is 2.38. The summed E-state index contributed by atoms with van der Waals surface area (Å²) in [6, 6.07) is -0.889. The number of carbonyl (C=O) groups excluding carboxylic acids is 1. The van der Waals surface area contributed by atoms with E-state index in [1.165, 1.54) is 103 Å². The number of rotatable bonds is 41. The van der Waals surface area contributed by atoms with Crippen molar-refractivity contribution < 1.29 is 32.9 Å². The molecular weight excluding hydrogens is 732 g/mol. The number of phosphoric ester groups is 1. The van der Waals surface area contributed by atoms with Gasteiger partial charge in [-0.15, -0.1) is 0 Å². The van der Waals surface area contributed by atoms with Crippen LogP contribution in [0.1, 0.15) is 187 Å². The van der Waals surface area contributed by atoms with Gasteiger partial charge in [0.05, 0.1) is 39.9 Å². The lowest BCUT2D eigenvalue weighted by Gasteiger charge is -2.29. The topological polar surface area (TPSA) is 108 Å². The quantitative estimate of drug-likeness (QED) is 0.0275. The SMILES string of the molecule is CC/C=C\C/C=C\C/C=C\C/C=C\CCCCCCCCCCCCC(=O)NC(COP(=O)([O-])OCC[N+](C)(C)C)C(O)/C=C/CCCCCCCCCCCC. The summed E-state index contributed by atoms with van der Waals surface area (Å²) in [5.74, 6) is -0.206. The van der Waals surface area contributed by atoms with Gasteiger partial charge in [-0.2, -0.15) is 0 Å².